The number of amidine groups is 1. The summed E-state index contributed by atoms with van der Waals surface area (Å²) in [6.45, 7) is 7.93. The van der Waals surface area contributed by atoms with Crippen molar-refractivity contribution in [2.45, 2.75) is 26.2 Å². The van der Waals surface area contributed by atoms with E-state index in [0.717, 1.165) is 68.7 Å². The van der Waals surface area contributed by atoms with Crippen LogP contribution in [0.25, 0.3) is 0 Å². The molecule has 0 radical (unpaired) electrons. The van der Waals surface area contributed by atoms with Crippen LogP contribution in [-0.2, 0) is 13.0 Å². The highest BCUT2D eigenvalue weighted by molar-refractivity contribution is 5.94. The number of benzene rings is 1. The van der Waals surface area contributed by atoms with Crippen LogP contribution in [0.4, 0.5) is 11.5 Å². The van der Waals surface area contributed by atoms with Gasteiger partial charge in [0.2, 0.25) is 0 Å². The molecular formula is C25H34N8. The van der Waals surface area contributed by atoms with Gasteiger partial charge in [-0.2, -0.15) is 0 Å². The second kappa shape index (κ2) is 9.03. The molecule has 5 rings (SSSR count). The Morgan fingerprint density at radius 1 is 0.970 bits per heavy atom. The van der Waals surface area contributed by atoms with Crippen LogP contribution in [-0.4, -0.2) is 83.5 Å². The molecule has 0 saturated carbocycles. The summed E-state index contributed by atoms with van der Waals surface area (Å²) in [5, 5.41) is 3.45. The lowest BCUT2D eigenvalue weighted by Crippen LogP contribution is -2.52. The molecule has 8 nitrogen and oxygen atoms in total. The highest BCUT2D eigenvalue weighted by atomic mass is 15.4. The highest BCUT2D eigenvalue weighted by Crippen LogP contribution is 2.27. The first-order valence-corrected chi connectivity index (χ1v) is 11.7. The van der Waals surface area contributed by atoms with Gasteiger partial charge in [-0.1, -0.05) is 12.1 Å². The predicted molar refractivity (Wildman–Crippen MR) is 133 cm³/mol. The van der Waals surface area contributed by atoms with Crippen molar-refractivity contribution >= 4 is 17.3 Å². The largest absolute Gasteiger partial charge is 0.356 e. The summed E-state index contributed by atoms with van der Waals surface area (Å²) in [6, 6.07) is 12.7. The molecule has 1 aromatic carbocycles. The average molecular weight is 447 g/mol. The Balaban J connectivity index is 1.34. The number of anilines is 2. The van der Waals surface area contributed by atoms with Crippen LogP contribution in [0.1, 0.15) is 16.8 Å². The smallest absolute Gasteiger partial charge is 0.176 e. The van der Waals surface area contributed by atoms with Gasteiger partial charge in [0.25, 0.3) is 0 Å². The lowest BCUT2D eigenvalue weighted by Gasteiger charge is -2.43. The number of likely N-dealkylation sites (N-methyl/N-ethyl adjacent to an activating group) is 1. The standard InChI is InChI=1S/C25H34N8/c1-18-5-4-6-22(27-18)28-21-8-7-19-9-10-33(17-20(19)15-21)23-16-24(31(3)25(26)29-23)32-13-11-30(2)12-14-32/h4-8,15-16,25H,9-14,17,26H2,1-3H3,(H,27,28). The fourth-order valence-electron chi connectivity index (χ4n) is 4.73. The van der Waals surface area contributed by atoms with E-state index in [0.29, 0.717) is 0 Å². The average Bonchev–Trinajstić information content (AvgIpc) is 2.81. The molecule has 1 unspecified atom stereocenters. The minimum atomic E-state index is -0.360. The highest BCUT2D eigenvalue weighted by Gasteiger charge is 2.28. The lowest BCUT2D eigenvalue weighted by molar-refractivity contribution is 0.131. The minimum Gasteiger partial charge on any atom is -0.356 e. The van der Waals surface area contributed by atoms with Gasteiger partial charge >= 0.3 is 0 Å². The molecule has 1 fully saturated rings. The van der Waals surface area contributed by atoms with Crippen LogP contribution < -0.4 is 11.1 Å². The molecule has 1 atom stereocenters. The van der Waals surface area contributed by atoms with E-state index in [1.54, 1.807) is 0 Å². The van der Waals surface area contributed by atoms with Crippen molar-refractivity contribution in [1.29, 1.82) is 0 Å². The molecule has 4 heterocycles. The quantitative estimate of drug-likeness (QED) is 0.748. The van der Waals surface area contributed by atoms with Gasteiger partial charge in [-0.3, -0.25) is 5.73 Å². The number of aliphatic imine (C=N–C) groups is 1. The van der Waals surface area contributed by atoms with Gasteiger partial charge < -0.3 is 24.9 Å². The van der Waals surface area contributed by atoms with Gasteiger partial charge in [-0.15, -0.1) is 0 Å². The van der Waals surface area contributed by atoms with Crippen molar-refractivity contribution in [2.75, 3.05) is 52.1 Å². The molecule has 0 amide bonds. The second-order valence-electron chi connectivity index (χ2n) is 9.25. The summed E-state index contributed by atoms with van der Waals surface area (Å²) in [5.41, 5.74) is 11.2. The lowest BCUT2D eigenvalue weighted by atomic mass is 9.98. The Kier molecular flexibility index (Phi) is 5.95. The third-order valence-corrected chi connectivity index (χ3v) is 6.81. The van der Waals surface area contributed by atoms with Crippen LogP contribution in [0.5, 0.6) is 0 Å². The molecule has 3 N–H and O–H groups in total. The summed E-state index contributed by atoms with van der Waals surface area (Å²) >= 11 is 0. The van der Waals surface area contributed by atoms with Crippen molar-refractivity contribution in [3.63, 3.8) is 0 Å². The van der Waals surface area contributed by atoms with Gasteiger partial charge in [0.15, 0.2) is 6.29 Å². The number of nitrogens with one attached hydrogen (secondary N) is 1. The van der Waals surface area contributed by atoms with E-state index < -0.39 is 0 Å². The summed E-state index contributed by atoms with van der Waals surface area (Å²) < 4.78 is 0. The van der Waals surface area contributed by atoms with E-state index in [2.05, 4.69) is 61.2 Å². The maximum atomic E-state index is 6.43. The number of nitrogens with two attached hydrogens (primary N) is 1. The summed E-state index contributed by atoms with van der Waals surface area (Å²) in [7, 11) is 4.22. The van der Waals surface area contributed by atoms with Crippen LogP contribution in [0, 0.1) is 6.92 Å². The Morgan fingerprint density at radius 2 is 1.79 bits per heavy atom. The molecule has 3 aliphatic rings. The zero-order valence-electron chi connectivity index (χ0n) is 19.8. The molecule has 2 aromatic rings. The van der Waals surface area contributed by atoms with E-state index in [4.69, 9.17) is 10.7 Å². The fraction of sp³-hybridized carbons (Fsp3) is 0.440. The summed E-state index contributed by atoms with van der Waals surface area (Å²) in [4.78, 5) is 18.6. The topological polar surface area (TPSA) is 76.3 Å². The van der Waals surface area contributed by atoms with E-state index in [1.165, 1.54) is 16.9 Å². The second-order valence-corrected chi connectivity index (χ2v) is 9.25. The van der Waals surface area contributed by atoms with E-state index in [1.807, 2.05) is 32.2 Å². The van der Waals surface area contributed by atoms with Gasteiger partial charge in [0.1, 0.15) is 17.5 Å². The van der Waals surface area contributed by atoms with Crippen LogP contribution in [0.2, 0.25) is 0 Å². The fourth-order valence-corrected chi connectivity index (χ4v) is 4.73. The minimum absolute atomic E-state index is 0.360. The van der Waals surface area contributed by atoms with Crippen molar-refractivity contribution in [3.05, 3.63) is 65.1 Å². The van der Waals surface area contributed by atoms with Crippen molar-refractivity contribution < 1.29 is 0 Å². The van der Waals surface area contributed by atoms with Gasteiger partial charge in [-0.05, 0) is 55.8 Å². The number of aromatic nitrogens is 1. The van der Waals surface area contributed by atoms with Gasteiger partial charge in [-0.25, -0.2) is 9.98 Å². The molecule has 0 aliphatic carbocycles. The Bertz CT molecular complexity index is 1070. The Labute approximate surface area is 196 Å². The van der Waals surface area contributed by atoms with E-state index in [9.17, 15) is 0 Å². The molecule has 33 heavy (non-hydrogen) atoms. The number of rotatable bonds is 3. The number of hydrogen-bond donors (Lipinski definition) is 2. The van der Waals surface area contributed by atoms with Crippen LogP contribution in [0.15, 0.2) is 53.3 Å². The maximum absolute atomic E-state index is 6.43. The molecule has 1 saturated heterocycles. The van der Waals surface area contributed by atoms with E-state index >= 15 is 0 Å². The number of nitrogens with zero attached hydrogens (tertiary/aromatic N) is 6. The van der Waals surface area contributed by atoms with Crippen molar-refractivity contribution in [2.24, 2.45) is 10.7 Å². The molecule has 0 bridgehead atoms. The molecule has 1 aromatic heterocycles. The first-order valence-electron chi connectivity index (χ1n) is 11.7. The maximum Gasteiger partial charge on any atom is 0.176 e. The molecular weight excluding hydrogens is 412 g/mol. The third-order valence-electron chi connectivity index (χ3n) is 6.81. The molecule has 3 aliphatic heterocycles. The Hall–Kier alpha value is -3.10. The zero-order chi connectivity index (χ0) is 22.9. The number of pyridine rings is 1. The van der Waals surface area contributed by atoms with Crippen molar-refractivity contribution in [1.82, 2.24) is 24.6 Å². The summed E-state index contributed by atoms with van der Waals surface area (Å²) in [6.07, 6.45) is 2.86. The Morgan fingerprint density at radius 3 is 2.58 bits per heavy atom. The van der Waals surface area contributed by atoms with Crippen molar-refractivity contribution in [3.8, 4) is 0 Å². The van der Waals surface area contributed by atoms with Gasteiger partial charge in [0, 0.05) is 63.8 Å². The first kappa shape index (κ1) is 21.7. The van der Waals surface area contributed by atoms with Crippen LogP contribution >= 0.6 is 0 Å². The predicted octanol–water partition coefficient (Wildman–Crippen LogP) is 2.17. The van der Waals surface area contributed by atoms with Gasteiger partial charge in [0.05, 0.1) is 0 Å². The summed E-state index contributed by atoms with van der Waals surface area (Å²) in [5.74, 6) is 3.03. The SMILES string of the molecule is Cc1cccc(Nc2ccc3c(c2)CN(C2=NC(N)N(C)C(N4CCN(C)CC4)=C2)CC3)n1. The normalized spacial score (nSPS) is 21.5. The zero-order valence-corrected chi connectivity index (χ0v) is 19.8. The number of aryl methyl sites for hydroxylation is 1. The monoisotopic (exact) mass is 446 g/mol. The molecule has 8 heteroatoms. The molecule has 0 spiro atoms. The first-order chi connectivity index (χ1) is 16.0. The number of piperazine rings is 1. The molecule has 174 valence electrons. The number of fused-ring (bicyclic) bond motifs is 1. The van der Waals surface area contributed by atoms with Crippen LogP contribution in [0.3, 0.4) is 0 Å². The van der Waals surface area contributed by atoms with E-state index in [-0.39, 0.29) is 6.29 Å². The number of hydrogen-bond acceptors (Lipinski definition) is 8. The third kappa shape index (κ3) is 4.67.